The predicted molar refractivity (Wildman–Crippen MR) is 120 cm³/mol. The second-order valence-electron chi connectivity index (χ2n) is 9.17. The third-order valence-corrected chi connectivity index (χ3v) is 6.89. The highest BCUT2D eigenvalue weighted by molar-refractivity contribution is 5.85. The van der Waals surface area contributed by atoms with Crippen molar-refractivity contribution >= 4 is 11.8 Å². The summed E-state index contributed by atoms with van der Waals surface area (Å²) in [6, 6.07) is 13.0. The van der Waals surface area contributed by atoms with Gasteiger partial charge >= 0.3 is 6.18 Å². The van der Waals surface area contributed by atoms with Crippen molar-refractivity contribution in [3.05, 3.63) is 66.0 Å². The molecule has 182 valence electrons. The molecule has 2 fully saturated rings. The molecule has 0 spiro atoms. The van der Waals surface area contributed by atoms with Gasteiger partial charge in [0.05, 0.1) is 0 Å². The number of hydrogen-bond donors (Lipinski definition) is 1. The molecule has 2 aliphatic heterocycles. The normalized spacial score (nSPS) is 22.0. The standard InChI is InChI=1S/C25H29F3N4O2/c26-25(27,28)24(10-14-31(18-24)17-19-5-2-1-3-6-19)23(34)32-12-8-21(9-13-32)22(33)30-16-20-7-4-11-29-15-20/h1-7,11,15,21H,8-10,12-14,16-18H2,(H,30,33). The molecule has 1 N–H and O–H groups in total. The maximum atomic E-state index is 14.3. The minimum absolute atomic E-state index is 0.142. The van der Waals surface area contributed by atoms with Gasteiger partial charge in [0.15, 0.2) is 5.41 Å². The molecule has 0 radical (unpaired) electrons. The second-order valence-corrected chi connectivity index (χ2v) is 9.17. The minimum atomic E-state index is -4.63. The third kappa shape index (κ3) is 5.24. The molecule has 3 heterocycles. The summed E-state index contributed by atoms with van der Waals surface area (Å²) in [7, 11) is 0. The van der Waals surface area contributed by atoms with E-state index in [1.807, 2.05) is 36.4 Å². The summed E-state index contributed by atoms with van der Waals surface area (Å²) in [5, 5.41) is 2.86. The maximum Gasteiger partial charge on any atom is 0.404 e. The number of likely N-dealkylation sites (tertiary alicyclic amines) is 2. The van der Waals surface area contributed by atoms with E-state index in [0.717, 1.165) is 11.1 Å². The number of aromatic nitrogens is 1. The second kappa shape index (κ2) is 10.1. The van der Waals surface area contributed by atoms with Crippen LogP contribution in [0.25, 0.3) is 0 Å². The largest absolute Gasteiger partial charge is 0.404 e. The first-order valence-corrected chi connectivity index (χ1v) is 11.6. The van der Waals surface area contributed by atoms with Crippen LogP contribution in [0.1, 0.15) is 30.4 Å². The van der Waals surface area contributed by atoms with Gasteiger partial charge in [-0.15, -0.1) is 0 Å². The molecule has 1 aromatic heterocycles. The summed E-state index contributed by atoms with van der Waals surface area (Å²) >= 11 is 0. The molecule has 0 bridgehead atoms. The van der Waals surface area contributed by atoms with Crippen molar-refractivity contribution in [1.29, 1.82) is 0 Å². The number of carbonyl (C=O) groups excluding carboxylic acids is 2. The molecular formula is C25H29F3N4O2. The predicted octanol–water partition coefficient (Wildman–Crippen LogP) is 3.39. The molecule has 4 rings (SSSR count). The average Bonchev–Trinajstić information content (AvgIpc) is 3.29. The molecule has 6 nitrogen and oxygen atoms in total. The number of benzene rings is 1. The van der Waals surface area contributed by atoms with Gasteiger partial charge in [0.2, 0.25) is 11.8 Å². The molecule has 0 saturated carbocycles. The highest BCUT2D eigenvalue weighted by Gasteiger charge is 2.64. The number of hydrogen-bond acceptors (Lipinski definition) is 4. The Kier molecular flexibility index (Phi) is 7.21. The highest BCUT2D eigenvalue weighted by Crippen LogP contribution is 2.47. The van der Waals surface area contributed by atoms with Crippen LogP contribution in [0.2, 0.25) is 0 Å². The van der Waals surface area contributed by atoms with Crippen LogP contribution in [0.15, 0.2) is 54.9 Å². The summed E-state index contributed by atoms with van der Waals surface area (Å²) < 4.78 is 42.8. The molecule has 1 aromatic carbocycles. The number of nitrogens with zero attached hydrogens (tertiary/aromatic N) is 3. The number of pyridine rings is 1. The van der Waals surface area contributed by atoms with Crippen LogP contribution >= 0.6 is 0 Å². The lowest BCUT2D eigenvalue weighted by Crippen LogP contribution is -2.55. The van der Waals surface area contributed by atoms with Crippen LogP contribution in [-0.2, 0) is 22.7 Å². The lowest BCUT2D eigenvalue weighted by Gasteiger charge is -2.39. The lowest BCUT2D eigenvalue weighted by molar-refractivity contribution is -0.224. The Morgan fingerprint density at radius 2 is 1.74 bits per heavy atom. The molecule has 1 atom stereocenters. The van der Waals surface area contributed by atoms with E-state index in [0.29, 0.717) is 25.9 Å². The van der Waals surface area contributed by atoms with Gasteiger partial charge in [0.25, 0.3) is 0 Å². The number of carbonyl (C=O) groups is 2. The van der Waals surface area contributed by atoms with Crippen molar-refractivity contribution in [3.8, 4) is 0 Å². The van der Waals surface area contributed by atoms with Gasteiger partial charge in [-0.25, -0.2) is 0 Å². The van der Waals surface area contributed by atoms with Crippen LogP contribution in [-0.4, -0.2) is 59.0 Å². The quantitative estimate of drug-likeness (QED) is 0.697. The molecule has 2 aromatic rings. The number of nitrogens with one attached hydrogen (secondary N) is 1. The van der Waals surface area contributed by atoms with Crippen molar-refractivity contribution in [1.82, 2.24) is 20.1 Å². The Labute approximate surface area is 197 Å². The van der Waals surface area contributed by atoms with Crippen LogP contribution in [0.3, 0.4) is 0 Å². The maximum absolute atomic E-state index is 14.3. The zero-order chi connectivity index (χ0) is 24.2. The fourth-order valence-electron chi connectivity index (χ4n) is 4.88. The molecule has 34 heavy (non-hydrogen) atoms. The van der Waals surface area contributed by atoms with E-state index in [-0.39, 0.29) is 44.4 Å². The summed E-state index contributed by atoms with van der Waals surface area (Å²) in [5.74, 6) is -1.32. The van der Waals surface area contributed by atoms with Gasteiger partial charge in [0.1, 0.15) is 0 Å². The smallest absolute Gasteiger partial charge is 0.352 e. The van der Waals surface area contributed by atoms with Gasteiger partial charge in [-0.3, -0.25) is 19.5 Å². The number of piperidine rings is 1. The molecule has 2 amide bonds. The Balaban J connectivity index is 1.35. The van der Waals surface area contributed by atoms with E-state index >= 15 is 0 Å². The van der Waals surface area contributed by atoms with Crippen molar-refractivity contribution in [2.24, 2.45) is 11.3 Å². The number of alkyl halides is 3. The van der Waals surface area contributed by atoms with Gasteiger partial charge in [0, 0.05) is 51.0 Å². The Hall–Kier alpha value is -2.94. The van der Waals surface area contributed by atoms with E-state index in [1.165, 1.54) is 4.90 Å². The zero-order valence-corrected chi connectivity index (χ0v) is 18.9. The highest BCUT2D eigenvalue weighted by atomic mass is 19.4. The van der Waals surface area contributed by atoms with Gasteiger partial charge < -0.3 is 10.2 Å². The van der Waals surface area contributed by atoms with Crippen LogP contribution in [0.5, 0.6) is 0 Å². The average molecular weight is 475 g/mol. The Bertz CT molecular complexity index is 979. The molecule has 2 aliphatic rings. The molecule has 0 aliphatic carbocycles. The molecular weight excluding hydrogens is 445 g/mol. The van der Waals surface area contributed by atoms with Crippen molar-refractivity contribution in [2.45, 2.75) is 38.5 Å². The first-order valence-electron chi connectivity index (χ1n) is 11.6. The molecule has 9 heteroatoms. The van der Waals surface area contributed by atoms with E-state index in [2.05, 4.69) is 10.3 Å². The number of amides is 2. The Morgan fingerprint density at radius 3 is 2.38 bits per heavy atom. The van der Waals surface area contributed by atoms with Crippen molar-refractivity contribution < 1.29 is 22.8 Å². The lowest BCUT2D eigenvalue weighted by atomic mass is 9.83. The van der Waals surface area contributed by atoms with Crippen LogP contribution < -0.4 is 5.32 Å². The number of rotatable bonds is 6. The van der Waals surface area contributed by atoms with E-state index in [4.69, 9.17) is 0 Å². The summed E-state index contributed by atoms with van der Waals surface area (Å²) in [4.78, 5) is 32.8. The zero-order valence-electron chi connectivity index (χ0n) is 18.9. The van der Waals surface area contributed by atoms with E-state index in [9.17, 15) is 22.8 Å². The van der Waals surface area contributed by atoms with E-state index < -0.39 is 17.5 Å². The fraction of sp³-hybridized carbons (Fsp3) is 0.480. The Morgan fingerprint density at radius 1 is 1.03 bits per heavy atom. The summed E-state index contributed by atoms with van der Waals surface area (Å²) in [5.41, 5.74) is -0.597. The monoisotopic (exact) mass is 474 g/mol. The molecule has 2 saturated heterocycles. The topological polar surface area (TPSA) is 65.5 Å². The van der Waals surface area contributed by atoms with Gasteiger partial charge in [-0.05, 0) is 43.0 Å². The fourth-order valence-corrected chi connectivity index (χ4v) is 4.88. The van der Waals surface area contributed by atoms with Crippen molar-refractivity contribution in [3.63, 3.8) is 0 Å². The first-order chi connectivity index (χ1) is 16.3. The van der Waals surface area contributed by atoms with Crippen LogP contribution in [0.4, 0.5) is 13.2 Å². The third-order valence-electron chi connectivity index (χ3n) is 6.89. The number of halogens is 3. The first kappa shape index (κ1) is 24.2. The van der Waals surface area contributed by atoms with Crippen LogP contribution in [0, 0.1) is 11.3 Å². The molecule has 1 unspecified atom stereocenters. The summed E-state index contributed by atoms with van der Waals surface area (Å²) in [6.45, 7) is 0.912. The SMILES string of the molecule is O=C(NCc1cccnc1)C1CCN(C(=O)C2(C(F)(F)F)CCN(Cc3ccccc3)C2)CC1. The van der Waals surface area contributed by atoms with E-state index in [1.54, 1.807) is 23.4 Å². The van der Waals surface area contributed by atoms with Gasteiger partial charge in [-0.2, -0.15) is 13.2 Å². The summed E-state index contributed by atoms with van der Waals surface area (Å²) in [6.07, 6.45) is -0.850. The van der Waals surface area contributed by atoms with Gasteiger partial charge in [-0.1, -0.05) is 36.4 Å². The van der Waals surface area contributed by atoms with Crippen molar-refractivity contribution in [2.75, 3.05) is 26.2 Å². The minimum Gasteiger partial charge on any atom is -0.352 e.